The first-order valence-corrected chi connectivity index (χ1v) is 7.54. The third-order valence-electron chi connectivity index (χ3n) is 4.17. The summed E-state index contributed by atoms with van der Waals surface area (Å²) in [5, 5.41) is 4.48. The van der Waals surface area contributed by atoms with Crippen LogP contribution in [0.4, 0.5) is 5.69 Å². The second-order valence-corrected chi connectivity index (χ2v) is 6.02. The molecule has 0 aromatic carbocycles. The Balaban J connectivity index is 2.14. The van der Waals surface area contributed by atoms with Gasteiger partial charge in [-0.1, -0.05) is 19.8 Å². The SMILES string of the molecule is CCC1CCCC(Oc2c(N)c(C)nn2C(C)C)C1. The maximum absolute atomic E-state index is 6.21. The van der Waals surface area contributed by atoms with E-state index in [-0.39, 0.29) is 6.04 Å². The summed E-state index contributed by atoms with van der Waals surface area (Å²) in [7, 11) is 0. The largest absolute Gasteiger partial charge is 0.473 e. The average molecular weight is 265 g/mol. The van der Waals surface area contributed by atoms with Gasteiger partial charge in [0.25, 0.3) is 0 Å². The normalized spacial score (nSPS) is 23.8. The van der Waals surface area contributed by atoms with Crippen molar-refractivity contribution in [1.29, 1.82) is 0 Å². The van der Waals surface area contributed by atoms with Gasteiger partial charge in [0.05, 0.1) is 11.7 Å². The van der Waals surface area contributed by atoms with Crippen molar-refractivity contribution in [3.63, 3.8) is 0 Å². The first kappa shape index (κ1) is 14.2. The molecule has 1 saturated carbocycles. The van der Waals surface area contributed by atoms with Gasteiger partial charge in [-0.2, -0.15) is 5.10 Å². The molecule has 19 heavy (non-hydrogen) atoms. The Kier molecular flexibility index (Phi) is 4.38. The van der Waals surface area contributed by atoms with Crippen molar-refractivity contribution in [3.8, 4) is 5.88 Å². The van der Waals surface area contributed by atoms with E-state index in [1.807, 2.05) is 11.6 Å². The zero-order chi connectivity index (χ0) is 14.0. The highest BCUT2D eigenvalue weighted by Gasteiger charge is 2.25. The molecule has 108 valence electrons. The Morgan fingerprint density at radius 2 is 2.16 bits per heavy atom. The van der Waals surface area contributed by atoms with Gasteiger partial charge < -0.3 is 10.5 Å². The summed E-state index contributed by atoms with van der Waals surface area (Å²) in [4.78, 5) is 0. The second-order valence-electron chi connectivity index (χ2n) is 6.02. The van der Waals surface area contributed by atoms with Crippen LogP contribution < -0.4 is 10.5 Å². The summed E-state index contributed by atoms with van der Waals surface area (Å²) in [5.41, 5.74) is 7.69. The van der Waals surface area contributed by atoms with Crippen LogP contribution in [0, 0.1) is 12.8 Å². The van der Waals surface area contributed by atoms with Crippen LogP contribution >= 0.6 is 0 Å². The monoisotopic (exact) mass is 265 g/mol. The molecule has 4 heteroatoms. The van der Waals surface area contributed by atoms with E-state index in [1.54, 1.807) is 0 Å². The third kappa shape index (κ3) is 3.04. The van der Waals surface area contributed by atoms with Crippen LogP contribution in [-0.2, 0) is 0 Å². The summed E-state index contributed by atoms with van der Waals surface area (Å²) >= 11 is 0. The van der Waals surface area contributed by atoms with Gasteiger partial charge >= 0.3 is 0 Å². The topological polar surface area (TPSA) is 53.1 Å². The Labute approximate surface area is 116 Å². The van der Waals surface area contributed by atoms with Gasteiger partial charge in [-0.15, -0.1) is 0 Å². The zero-order valence-corrected chi connectivity index (χ0v) is 12.6. The quantitative estimate of drug-likeness (QED) is 0.903. The molecule has 0 amide bonds. The predicted octanol–water partition coefficient (Wildman–Crippen LogP) is 3.70. The number of anilines is 1. The van der Waals surface area contributed by atoms with Gasteiger partial charge in [-0.25, -0.2) is 4.68 Å². The molecule has 1 aromatic heterocycles. The third-order valence-corrected chi connectivity index (χ3v) is 4.17. The van der Waals surface area contributed by atoms with Gasteiger partial charge in [-0.05, 0) is 46.0 Å². The molecule has 1 fully saturated rings. The average Bonchev–Trinajstić information content (AvgIpc) is 2.67. The highest BCUT2D eigenvalue weighted by atomic mass is 16.5. The van der Waals surface area contributed by atoms with Crippen molar-refractivity contribution in [2.75, 3.05) is 5.73 Å². The van der Waals surface area contributed by atoms with E-state index in [0.29, 0.717) is 11.8 Å². The van der Waals surface area contributed by atoms with E-state index < -0.39 is 0 Å². The van der Waals surface area contributed by atoms with E-state index in [1.165, 1.54) is 19.3 Å². The minimum atomic E-state index is 0.275. The Hall–Kier alpha value is -1.19. The lowest BCUT2D eigenvalue weighted by Crippen LogP contribution is -2.26. The molecule has 1 aromatic rings. The van der Waals surface area contributed by atoms with Crippen LogP contribution in [0.25, 0.3) is 0 Å². The fraction of sp³-hybridized carbons (Fsp3) is 0.800. The molecule has 2 atom stereocenters. The van der Waals surface area contributed by atoms with Crippen molar-refractivity contribution >= 4 is 5.69 Å². The number of rotatable bonds is 4. The molecule has 4 nitrogen and oxygen atoms in total. The van der Waals surface area contributed by atoms with Crippen molar-refractivity contribution in [2.45, 2.75) is 71.9 Å². The van der Waals surface area contributed by atoms with Crippen LogP contribution in [0.3, 0.4) is 0 Å². The van der Waals surface area contributed by atoms with Gasteiger partial charge in [0.15, 0.2) is 0 Å². The van der Waals surface area contributed by atoms with Crippen LogP contribution in [-0.4, -0.2) is 15.9 Å². The molecular formula is C15H27N3O. The number of hydrogen-bond donors (Lipinski definition) is 1. The van der Waals surface area contributed by atoms with Crippen LogP contribution in [0.5, 0.6) is 5.88 Å². The fourth-order valence-corrected chi connectivity index (χ4v) is 2.88. The number of nitrogens with two attached hydrogens (primary N) is 1. The molecule has 1 aliphatic rings. The molecule has 0 aliphatic heterocycles. The van der Waals surface area contributed by atoms with E-state index in [2.05, 4.69) is 25.9 Å². The summed E-state index contributed by atoms with van der Waals surface area (Å²) in [6.07, 6.45) is 6.44. The number of aryl methyl sites for hydroxylation is 1. The molecule has 2 N–H and O–H groups in total. The molecule has 1 aliphatic carbocycles. The highest BCUT2D eigenvalue weighted by Crippen LogP contribution is 2.34. The Morgan fingerprint density at radius 3 is 2.79 bits per heavy atom. The molecule has 2 unspecified atom stereocenters. The lowest BCUT2D eigenvalue weighted by molar-refractivity contribution is 0.110. The van der Waals surface area contributed by atoms with Crippen molar-refractivity contribution in [1.82, 2.24) is 9.78 Å². The molecule has 1 heterocycles. The van der Waals surface area contributed by atoms with Crippen LogP contribution in [0.15, 0.2) is 0 Å². The number of hydrogen-bond acceptors (Lipinski definition) is 3. The fourth-order valence-electron chi connectivity index (χ4n) is 2.88. The highest BCUT2D eigenvalue weighted by molar-refractivity contribution is 5.52. The van der Waals surface area contributed by atoms with Crippen molar-refractivity contribution in [3.05, 3.63) is 5.69 Å². The smallest absolute Gasteiger partial charge is 0.236 e. The maximum atomic E-state index is 6.21. The second kappa shape index (κ2) is 5.85. The van der Waals surface area contributed by atoms with Gasteiger partial charge in [0, 0.05) is 0 Å². The van der Waals surface area contributed by atoms with E-state index in [4.69, 9.17) is 10.5 Å². The summed E-state index contributed by atoms with van der Waals surface area (Å²) in [5.74, 6) is 1.57. The number of aromatic nitrogens is 2. The molecule has 2 rings (SSSR count). The number of nitrogen functional groups attached to an aromatic ring is 1. The Bertz CT molecular complexity index is 425. The minimum absolute atomic E-state index is 0.275. The van der Waals surface area contributed by atoms with Crippen LogP contribution in [0.1, 0.15) is 64.6 Å². The summed E-state index contributed by atoms with van der Waals surface area (Å²) < 4.78 is 8.12. The predicted molar refractivity (Wildman–Crippen MR) is 78.4 cm³/mol. The summed E-state index contributed by atoms with van der Waals surface area (Å²) in [6, 6.07) is 0.275. The maximum Gasteiger partial charge on any atom is 0.236 e. The first-order chi connectivity index (χ1) is 9.02. The molecule has 0 bridgehead atoms. The number of ether oxygens (including phenoxy) is 1. The molecule has 0 radical (unpaired) electrons. The summed E-state index contributed by atoms with van der Waals surface area (Å²) in [6.45, 7) is 8.42. The minimum Gasteiger partial charge on any atom is -0.473 e. The lowest BCUT2D eigenvalue weighted by Gasteiger charge is -2.29. The van der Waals surface area contributed by atoms with Crippen molar-refractivity contribution < 1.29 is 4.74 Å². The van der Waals surface area contributed by atoms with E-state index >= 15 is 0 Å². The number of nitrogens with zero attached hydrogens (tertiary/aromatic N) is 2. The lowest BCUT2D eigenvalue weighted by atomic mass is 9.85. The zero-order valence-electron chi connectivity index (χ0n) is 12.6. The molecule has 0 saturated heterocycles. The molecule has 0 spiro atoms. The van der Waals surface area contributed by atoms with Gasteiger partial charge in [0.1, 0.15) is 11.8 Å². The van der Waals surface area contributed by atoms with Gasteiger partial charge in [-0.3, -0.25) is 0 Å². The molecular weight excluding hydrogens is 238 g/mol. The van der Waals surface area contributed by atoms with E-state index in [9.17, 15) is 0 Å². The van der Waals surface area contributed by atoms with Crippen molar-refractivity contribution in [2.24, 2.45) is 5.92 Å². The Morgan fingerprint density at radius 1 is 1.42 bits per heavy atom. The van der Waals surface area contributed by atoms with E-state index in [0.717, 1.165) is 30.3 Å². The van der Waals surface area contributed by atoms with Crippen LogP contribution in [0.2, 0.25) is 0 Å². The van der Waals surface area contributed by atoms with Gasteiger partial charge in [0.2, 0.25) is 5.88 Å². The standard InChI is InChI=1S/C15H27N3O/c1-5-12-7-6-8-13(9-12)19-15-14(16)11(4)17-18(15)10(2)3/h10,12-13H,5-9,16H2,1-4H3. The first-order valence-electron chi connectivity index (χ1n) is 7.54.